The lowest BCUT2D eigenvalue weighted by Crippen LogP contribution is -2.35. The monoisotopic (exact) mass is 401 g/mol. The van der Waals surface area contributed by atoms with Gasteiger partial charge in [-0.3, -0.25) is 0 Å². The maximum absolute atomic E-state index is 12.4. The molecule has 0 aliphatic rings. The van der Waals surface area contributed by atoms with Crippen molar-refractivity contribution in [2.24, 2.45) is 0 Å². The maximum Gasteiger partial charge on any atom is 0.408 e. The van der Waals surface area contributed by atoms with Gasteiger partial charge in [0.05, 0.1) is 14.2 Å². The molecule has 0 aliphatic heterocycles. The van der Waals surface area contributed by atoms with Crippen LogP contribution in [0.3, 0.4) is 0 Å². The third-order valence-electron chi connectivity index (χ3n) is 4.02. The second-order valence-corrected chi connectivity index (χ2v) is 9.58. The van der Waals surface area contributed by atoms with Crippen molar-refractivity contribution in [3.05, 3.63) is 65.7 Å². The Morgan fingerprint density at radius 2 is 1.61 bits per heavy atom. The second-order valence-electron chi connectivity index (χ2n) is 7.60. The Morgan fingerprint density at radius 1 is 1.00 bits per heavy atom. The van der Waals surface area contributed by atoms with Crippen molar-refractivity contribution in [3.63, 3.8) is 0 Å². The van der Waals surface area contributed by atoms with Crippen molar-refractivity contribution in [3.8, 4) is 0 Å². The van der Waals surface area contributed by atoms with Crippen molar-refractivity contribution in [2.45, 2.75) is 52.7 Å². The van der Waals surface area contributed by atoms with Crippen molar-refractivity contribution in [1.82, 2.24) is 5.32 Å². The predicted molar refractivity (Wildman–Crippen MR) is 117 cm³/mol. The summed E-state index contributed by atoms with van der Waals surface area (Å²) in [4.78, 5) is 12.4. The Hall–Kier alpha value is -1.90. The summed E-state index contributed by atoms with van der Waals surface area (Å²) in [6.45, 7) is 10.5. The molecule has 0 aliphatic carbocycles. The Labute approximate surface area is 170 Å². The fourth-order valence-electron chi connectivity index (χ4n) is 2.89. The standard InChI is InChI=1S/C23H32NO3P/c1-6-17-28(26-7-2)20-15-13-19(14-16-20)21(18-11-9-8-10-12-18)24-22(25)27-23(3,4)5/h8-16,21H,6-7,17H2,1-5H3,(H,24,25). The first kappa shape index (κ1) is 22.4. The lowest BCUT2D eigenvalue weighted by Gasteiger charge is -2.25. The van der Waals surface area contributed by atoms with Crippen molar-refractivity contribution in [1.29, 1.82) is 0 Å². The molecule has 1 amide bonds. The van der Waals surface area contributed by atoms with Crippen LogP contribution in [0.2, 0.25) is 0 Å². The molecule has 0 saturated carbocycles. The normalized spacial score (nSPS) is 13.6. The highest BCUT2D eigenvalue weighted by atomic mass is 31.1. The number of hydrogen-bond donors (Lipinski definition) is 1. The number of amides is 1. The van der Waals surface area contributed by atoms with Crippen LogP contribution in [0.4, 0.5) is 4.79 Å². The SMILES string of the molecule is CCCP(OCC)c1ccc(C(NC(=O)OC(C)(C)C)c2ccccc2)cc1. The fraction of sp³-hybridized carbons (Fsp3) is 0.435. The average molecular weight is 401 g/mol. The molecule has 0 fully saturated rings. The zero-order valence-electron chi connectivity index (χ0n) is 17.6. The van der Waals surface area contributed by atoms with Gasteiger partial charge in [-0.15, -0.1) is 0 Å². The molecular weight excluding hydrogens is 369 g/mol. The van der Waals surface area contributed by atoms with Crippen LogP contribution in [-0.4, -0.2) is 24.5 Å². The highest BCUT2D eigenvalue weighted by molar-refractivity contribution is 7.60. The Balaban J connectivity index is 2.26. The first-order chi connectivity index (χ1) is 13.3. The average Bonchev–Trinajstić information content (AvgIpc) is 2.65. The van der Waals surface area contributed by atoms with Gasteiger partial charge < -0.3 is 14.6 Å². The van der Waals surface area contributed by atoms with E-state index in [0.29, 0.717) is 0 Å². The smallest absolute Gasteiger partial charge is 0.408 e. The highest BCUT2D eigenvalue weighted by Crippen LogP contribution is 2.36. The van der Waals surface area contributed by atoms with Gasteiger partial charge in [-0.05, 0) is 51.4 Å². The summed E-state index contributed by atoms with van der Waals surface area (Å²) in [5.74, 6) is 0. The number of nitrogens with one attached hydrogen (secondary N) is 1. The van der Waals surface area contributed by atoms with Crippen LogP contribution in [0.15, 0.2) is 54.6 Å². The molecule has 2 aromatic rings. The molecule has 0 heterocycles. The third-order valence-corrected chi connectivity index (χ3v) is 6.32. The molecule has 1 N–H and O–H groups in total. The van der Waals surface area contributed by atoms with Crippen LogP contribution >= 0.6 is 8.15 Å². The van der Waals surface area contributed by atoms with Gasteiger partial charge in [0.2, 0.25) is 0 Å². The minimum Gasteiger partial charge on any atom is -0.444 e. The van der Waals surface area contributed by atoms with Crippen molar-refractivity contribution < 1.29 is 14.1 Å². The number of alkyl carbamates (subject to hydrolysis) is 1. The van der Waals surface area contributed by atoms with Crippen LogP contribution in [-0.2, 0) is 9.26 Å². The van der Waals surface area contributed by atoms with Crippen molar-refractivity contribution in [2.75, 3.05) is 12.8 Å². The highest BCUT2D eigenvalue weighted by Gasteiger charge is 2.22. The molecule has 2 rings (SSSR count). The molecule has 0 bridgehead atoms. The van der Waals surface area contributed by atoms with E-state index in [-0.39, 0.29) is 6.04 Å². The molecular formula is C23H32NO3P. The molecule has 5 heteroatoms. The summed E-state index contributed by atoms with van der Waals surface area (Å²) in [6.07, 6.45) is 1.73. The molecule has 4 nitrogen and oxygen atoms in total. The first-order valence-electron chi connectivity index (χ1n) is 9.89. The number of benzene rings is 2. The van der Waals surface area contributed by atoms with E-state index in [9.17, 15) is 4.79 Å². The second kappa shape index (κ2) is 10.6. The van der Waals surface area contributed by atoms with E-state index in [4.69, 9.17) is 9.26 Å². The van der Waals surface area contributed by atoms with E-state index in [1.54, 1.807) is 0 Å². The van der Waals surface area contributed by atoms with E-state index in [1.807, 2.05) is 58.0 Å². The fourth-order valence-corrected chi connectivity index (χ4v) is 4.63. The van der Waals surface area contributed by atoms with Gasteiger partial charge in [0.1, 0.15) is 5.60 Å². The lowest BCUT2D eigenvalue weighted by atomic mass is 9.99. The molecule has 2 aromatic carbocycles. The van der Waals surface area contributed by atoms with Gasteiger partial charge in [-0.1, -0.05) is 61.5 Å². The van der Waals surface area contributed by atoms with Gasteiger partial charge in [0, 0.05) is 11.9 Å². The van der Waals surface area contributed by atoms with Gasteiger partial charge in [0.25, 0.3) is 0 Å². The van der Waals surface area contributed by atoms with Crippen LogP contribution in [0, 0.1) is 0 Å². The summed E-state index contributed by atoms with van der Waals surface area (Å²) in [7, 11) is -0.589. The molecule has 28 heavy (non-hydrogen) atoms. The molecule has 0 radical (unpaired) electrons. The quantitative estimate of drug-likeness (QED) is 0.571. The Bertz CT molecular complexity index is 720. The lowest BCUT2D eigenvalue weighted by molar-refractivity contribution is 0.0512. The topological polar surface area (TPSA) is 47.6 Å². The Morgan fingerprint density at radius 3 is 2.14 bits per heavy atom. The van der Waals surface area contributed by atoms with E-state index in [0.717, 1.165) is 30.3 Å². The van der Waals surface area contributed by atoms with Gasteiger partial charge in [-0.2, -0.15) is 0 Å². The maximum atomic E-state index is 12.4. The zero-order chi connectivity index (χ0) is 20.6. The van der Waals surface area contributed by atoms with Crippen LogP contribution in [0.5, 0.6) is 0 Å². The van der Waals surface area contributed by atoms with E-state index in [1.165, 1.54) is 5.30 Å². The van der Waals surface area contributed by atoms with E-state index < -0.39 is 19.8 Å². The number of hydrogen-bond acceptors (Lipinski definition) is 3. The van der Waals surface area contributed by atoms with E-state index in [2.05, 4.69) is 36.5 Å². The van der Waals surface area contributed by atoms with Gasteiger partial charge in [-0.25, -0.2) is 4.79 Å². The largest absolute Gasteiger partial charge is 0.444 e. The zero-order valence-corrected chi connectivity index (χ0v) is 18.5. The Kier molecular flexibility index (Phi) is 8.47. The van der Waals surface area contributed by atoms with Crippen LogP contribution < -0.4 is 10.6 Å². The number of carbonyl (C=O) groups is 1. The minimum absolute atomic E-state index is 0.269. The summed E-state index contributed by atoms with van der Waals surface area (Å²) in [5.41, 5.74) is 1.49. The molecule has 2 atom stereocenters. The molecule has 0 spiro atoms. The summed E-state index contributed by atoms with van der Waals surface area (Å²) < 4.78 is 11.4. The summed E-state index contributed by atoms with van der Waals surface area (Å²) in [5, 5.41) is 4.25. The first-order valence-corrected chi connectivity index (χ1v) is 11.3. The summed E-state index contributed by atoms with van der Waals surface area (Å²) in [6, 6.07) is 18.1. The van der Waals surface area contributed by atoms with Gasteiger partial charge >= 0.3 is 6.09 Å². The molecule has 0 saturated heterocycles. The van der Waals surface area contributed by atoms with E-state index >= 15 is 0 Å². The minimum atomic E-state index is -0.589. The number of rotatable bonds is 8. The summed E-state index contributed by atoms with van der Waals surface area (Å²) >= 11 is 0. The predicted octanol–water partition coefficient (Wildman–Crippen LogP) is 5.77. The molecule has 152 valence electrons. The van der Waals surface area contributed by atoms with Crippen LogP contribution in [0.1, 0.15) is 58.2 Å². The van der Waals surface area contributed by atoms with Gasteiger partial charge in [0.15, 0.2) is 0 Å². The number of carbonyl (C=O) groups excluding carboxylic acids is 1. The molecule has 2 unspecified atom stereocenters. The number of ether oxygens (including phenoxy) is 1. The van der Waals surface area contributed by atoms with Crippen LogP contribution in [0.25, 0.3) is 0 Å². The van der Waals surface area contributed by atoms with Crippen molar-refractivity contribution >= 4 is 19.5 Å². The molecule has 0 aromatic heterocycles. The third kappa shape index (κ3) is 6.92.